The van der Waals surface area contributed by atoms with Gasteiger partial charge in [0.25, 0.3) is 0 Å². The van der Waals surface area contributed by atoms with Crippen molar-refractivity contribution in [1.29, 1.82) is 0 Å². The Hall–Kier alpha value is -1.75. The number of hydrogen-bond acceptors (Lipinski definition) is 4. The number of benzene rings is 4. The molecule has 4 aromatic carbocycles. The standard InChI is InChI=1S/C22H24Br2O2.C14H6Br2O2.C8H17Br/c1-3-5-6-14(4-2)13-22(26)20-12-16(24)8-10-18(20)17-9-7-15(23)11-19(17)21(22)25;15-7-1-3-9-10-4-2-8(16)6-12(10)14(18)13(17)11(9)5-7;1-3-5-6-8(4-2)7-9/h7-12,14,26H,3-6,13H2,1-2H3;1-6H;8H,3-7H2,1-2H3. The highest BCUT2D eigenvalue weighted by Gasteiger charge is 2.46. The molecule has 1 N–H and O–H groups in total. The summed E-state index contributed by atoms with van der Waals surface area (Å²) in [6.07, 6.45) is 10.2. The number of rotatable bonds is 11. The lowest BCUT2D eigenvalue weighted by Crippen LogP contribution is -2.41. The Bertz CT molecular complexity index is 1870. The van der Waals surface area contributed by atoms with E-state index in [1.54, 1.807) is 12.1 Å². The van der Waals surface area contributed by atoms with Crippen molar-refractivity contribution in [3.05, 3.63) is 113 Å². The molecule has 0 radical (unpaired) electrons. The van der Waals surface area contributed by atoms with E-state index in [-0.39, 0.29) is 5.78 Å². The average Bonchev–Trinajstić information content (AvgIpc) is 3.15. The predicted octanol–water partition coefficient (Wildman–Crippen LogP) is 14.7. The maximum absolute atomic E-state index is 13.4. The molecular formula is C44H47Br5O4. The molecule has 0 heterocycles. The highest BCUT2D eigenvalue weighted by Crippen LogP contribution is 2.47. The second kappa shape index (κ2) is 20.4. The third-order valence-electron chi connectivity index (χ3n) is 10.2. The highest BCUT2D eigenvalue weighted by molar-refractivity contribution is 9.11. The first-order valence-electron chi connectivity index (χ1n) is 18.4. The van der Waals surface area contributed by atoms with Crippen LogP contribution in [0.5, 0.6) is 0 Å². The van der Waals surface area contributed by atoms with Gasteiger partial charge < -0.3 is 5.11 Å². The Morgan fingerprint density at radius 2 is 0.943 bits per heavy atom. The lowest BCUT2D eigenvalue weighted by Gasteiger charge is -2.37. The van der Waals surface area contributed by atoms with E-state index in [0.717, 1.165) is 77.3 Å². The van der Waals surface area contributed by atoms with Crippen molar-refractivity contribution >= 4 is 97.0 Å². The van der Waals surface area contributed by atoms with E-state index in [1.165, 1.54) is 31.0 Å². The number of carbonyl (C=O) groups is 3. The van der Waals surface area contributed by atoms with Crippen LogP contribution in [0.3, 0.4) is 0 Å². The lowest BCUT2D eigenvalue weighted by atomic mass is 9.70. The third kappa shape index (κ3) is 10.6. The summed E-state index contributed by atoms with van der Waals surface area (Å²) in [5.41, 5.74) is 4.24. The Morgan fingerprint density at radius 3 is 1.38 bits per heavy atom. The van der Waals surface area contributed by atoms with E-state index in [4.69, 9.17) is 0 Å². The van der Waals surface area contributed by atoms with Gasteiger partial charge in [-0.25, -0.2) is 0 Å². The van der Waals surface area contributed by atoms with E-state index >= 15 is 0 Å². The zero-order valence-corrected chi connectivity index (χ0v) is 38.6. The summed E-state index contributed by atoms with van der Waals surface area (Å²) in [6.45, 7) is 8.83. The third-order valence-corrected chi connectivity index (χ3v) is 13.0. The Labute approximate surface area is 357 Å². The smallest absolute Gasteiger partial charge is 0.234 e. The molecule has 3 unspecified atom stereocenters. The molecule has 282 valence electrons. The summed E-state index contributed by atoms with van der Waals surface area (Å²) in [4.78, 5) is 37.5. The molecule has 3 atom stereocenters. The molecule has 4 aromatic rings. The van der Waals surface area contributed by atoms with Crippen molar-refractivity contribution in [2.75, 3.05) is 5.33 Å². The van der Waals surface area contributed by atoms with Gasteiger partial charge in [0.2, 0.25) is 11.6 Å². The molecule has 2 aliphatic rings. The zero-order chi connectivity index (χ0) is 38.9. The number of hydrogen-bond donors (Lipinski definition) is 1. The number of aliphatic hydroxyl groups is 1. The number of halogens is 5. The van der Waals surface area contributed by atoms with Gasteiger partial charge >= 0.3 is 0 Å². The monoisotopic (exact) mass is 1030 g/mol. The summed E-state index contributed by atoms with van der Waals surface area (Å²) in [5.74, 6) is 0.164. The fourth-order valence-electron chi connectivity index (χ4n) is 6.95. The summed E-state index contributed by atoms with van der Waals surface area (Å²) >= 11 is 17.1. The number of unbranched alkanes of at least 4 members (excludes halogenated alkanes) is 2. The largest absolute Gasteiger partial charge is 0.377 e. The number of fused-ring (bicyclic) bond motifs is 6. The zero-order valence-electron chi connectivity index (χ0n) is 30.7. The van der Waals surface area contributed by atoms with Crippen LogP contribution in [0, 0.1) is 11.8 Å². The fourth-order valence-corrected chi connectivity index (χ4v) is 9.17. The molecule has 6 rings (SSSR count). The first-order chi connectivity index (χ1) is 25.3. The minimum Gasteiger partial charge on any atom is -0.377 e. The van der Waals surface area contributed by atoms with Crippen LogP contribution >= 0.6 is 79.6 Å². The van der Waals surface area contributed by atoms with Crippen LogP contribution < -0.4 is 0 Å². The predicted molar refractivity (Wildman–Crippen MR) is 236 cm³/mol. The summed E-state index contributed by atoms with van der Waals surface area (Å²) < 4.78 is 3.32. The van der Waals surface area contributed by atoms with Crippen molar-refractivity contribution in [3.8, 4) is 22.3 Å². The SMILES string of the molecule is CCCCC(CC)CBr.CCCCC(CC)CC1(O)C(=O)c2cc(Br)ccc2-c2ccc(Br)cc21.O=C1C(=O)c2cc(Br)ccc2-c2ccc(Br)cc21. The van der Waals surface area contributed by atoms with Crippen LogP contribution in [0.1, 0.15) is 122 Å². The van der Waals surface area contributed by atoms with Gasteiger partial charge in [0.1, 0.15) is 0 Å². The van der Waals surface area contributed by atoms with Gasteiger partial charge in [0, 0.05) is 45.5 Å². The number of ketones is 3. The van der Waals surface area contributed by atoms with E-state index in [2.05, 4.69) is 107 Å². The quantitative estimate of drug-likeness (QED) is 0.120. The van der Waals surface area contributed by atoms with Crippen LogP contribution in [0.2, 0.25) is 0 Å². The minimum absolute atomic E-state index is 0.186. The van der Waals surface area contributed by atoms with Gasteiger partial charge in [-0.15, -0.1) is 0 Å². The van der Waals surface area contributed by atoms with E-state index in [1.807, 2.05) is 60.7 Å². The van der Waals surface area contributed by atoms with Crippen molar-refractivity contribution in [2.45, 2.75) is 91.1 Å². The molecular weight excluding hydrogens is 992 g/mol. The fraction of sp³-hybridized carbons (Fsp3) is 0.386. The molecule has 0 saturated heterocycles. The Balaban J connectivity index is 0.000000201. The molecule has 0 spiro atoms. The van der Waals surface area contributed by atoms with E-state index in [0.29, 0.717) is 29.0 Å². The van der Waals surface area contributed by atoms with Crippen molar-refractivity contribution in [2.24, 2.45) is 11.8 Å². The van der Waals surface area contributed by atoms with Gasteiger partial charge in [0.15, 0.2) is 11.4 Å². The lowest BCUT2D eigenvalue weighted by molar-refractivity contribution is 0.0139. The van der Waals surface area contributed by atoms with Crippen molar-refractivity contribution < 1.29 is 19.5 Å². The molecule has 4 nitrogen and oxygen atoms in total. The van der Waals surface area contributed by atoms with Gasteiger partial charge in [0.05, 0.1) is 0 Å². The van der Waals surface area contributed by atoms with E-state index in [9.17, 15) is 19.5 Å². The first-order valence-corrected chi connectivity index (χ1v) is 22.7. The van der Waals surface area contributed by atoms with Crippen LogP contribution in [-0.4, -0.2) is 27.8 Å². The minimum atomic E-state index is -1.47. The number of alkyl halides is 1. The summed E-state index contributed by atoms with van der Waals surface area (Å²) in [6, 6.07) is 22.4. The van der Waals surface area contributed by atoms with Crippen LogP contribution in [0.15, 0.2) is 90.7 Å². The topological polar surface area (TPSA) is 71.4 Å². The van der Waals surface area contributed by atoms with Crippen molar-refractivity contribution in [1.82, 2.24) is 0 Å². The van der Waals surface area contributed by atoms with Crippen LogP contribution in [-0.2, 0) is 5.60 Å². The Morgan fingerprint density at radius 1 is 0.547 bits per heavy atom. The summed E-state index contributed by atoms with van der Waals surface area (Å²) in [5, 5.41) is 12.9. The number of Topliss-reactive ketones (excluding diaryl/α,β-unsaturated/α-hetero) is 3. The van der Waals surface area contributed by atoms with E-state index < -0.39 is 17.2 Å². The highest BCUT2D eigenvalue weighted by atomic mass is 79.9. The van der Waals surface area contributed by atoms with Gasteiger partial charge in [-0.05, 0) is 95.5 Å². The molecule has 0 bridgehead atoms. The van der Waals surface area contributed by atoms with Gasteiger partial charge in [-0.1, -0.05) is 177 Å². The molecule has 0 amide bonds. The molecule has 0 aromatic heterocycles. The van der Waals surface area contributed by atoms with Gasteiger partial charge in [-0.2, -0.15) is 0 Å². The molecule has 53 heavy (non-hydrogen) atoms. The second-order valence-corrected chi connectivity index (χ2v) is 18.1. The van der Waals surface area contributed by atoms with Gasteiger partial charge in [-0.3, -0.25) is 14.4 Å². The van der Waals surface area contributed by atoms with Crippen LogP contribution in [0.4, 0.5) is 0 Å². The molecule has 0 aliphatic heterocycles. The van der Waals surface area contributed by atoms with Crippen molar-refractivity contribution in [3.63, 3.8) is 0 Å². The maximum Gasteiger partial charge on any atom is 0.234 e. The second-order valence-electron chi connectivity index (χ2n) is 13.8. The average molecular weight is 1040 g/mol. The molecule has 0 fully saturated rings. The molecule has 9 heteroatoms. The maximum atomic E-state index is 13.4. The Kier molecular flexibility index (Phi) is 16.9. The summed E-state index contributed by atoms with van der Waals surface area (Å²) in [7, 11) is 0. The van der Waals surface area contributed by atoms with Crippen LogP contribution in [0.25, 0.3) is 22.3 Å². The normalized spacial score (nSPS) is 16.5. The molecule has 0 saturated carbocycles. The molecule has 2 aliphatic carbocycles. The number of carbonyl (C=O) groups excluding carboxylic acids is 3. The first kappa shape index (κ1) is 44.0.